The highest BCUT2D eigenvalue weighted by Gasteiger charge is 2.27. The van der Waals surface area contributed by atoms with Gasteiger partial charge < -0.3 is 5.11 Å². The maximum absolute atomic E-state index is 13.3. The molecule has 1 aromatic carbocycles. The number of carbonyl (C=O) groups excluding carboxylic acids is 1. The van der Waals surface area contributed by atoms with Gasteiger partial charge in [0.05, 0.1) is 10.5 Å². The van der Waals surface area contributed by atoms with Crippen molar-refractivity contribution in [1.29, 1.82) is 0 Å². The minimum absolute atomic E-state index is 0.303. The fourth-order valence-electron chi connectivity index (χ4n) is 1.26. The molecule has 1 N–H and O–H groups in total. The van der Waals surface area contributed by atoms with Crippen molar-refractivity contribution in [3.05, 3.63) is 33.4 Å². The van der Waals surface area contributed by atoms with Crippen LogP contribution in [0.3, 0.4) is 0 Å². The van der Waals surface area contributed by atoms with Crippen molar-refractivity contribution in [3.63, 3.8) is 0 Å². The second-order valence-electron chi connectivity index (χ2n) is 3.15. The molecule has 0 aliphatic heterocycles. The van der Waals surface area contributed by atoms with Gasteiger partial charge in [0, 0.05) is 12.5 Å². The van der Waals surface area contributed by atoms with Gasteiger partial charge in [0.1, 0.15) is 5.78 Å². The van der Waals surface area contributed by atoms with Gasteiger partial charge in [-0.3, -0.25) is 14.9 Å². The molecule has 0 aliphatic carbocycles. The van der Waals surface area contributed by atoms with Crippen molar-refractivity contribution < 1.29 is 23.6 Å². The van der Waals surface area contributed by atoms with Crippen LogP contribution in [0.15, 0.2) is 6.07 Å². The molecule has 0 aliphatic rings. The summed E-state index contributed by atoms with van der Waals surface area (Å²) in [4.78, 5) is 20.1. The van der Waals surface area contributed by atoms with E-state index in [1.54, 1.807) is 0 Å². The Hall–Kier alpha value is -2.05. The molecule has 0 unspecified atom stereocenters. The normalized spacial score (nSPS) is 10.2. The van der Waals surface area contributed by atoms with Gasteiger partial charge >= 0.3 is 5.69 Å². The number of nitro groups is 1. The SMILES string of the molecule is CC(=O)Cc1c(F)c(O)cc(F)c1[N+](=O)[O-]. The molecule has 0 saturated carbocycles. The third-order valence-corrected chi connectivity index (χ3v) is 1.87. The van der Waals surface area contributed by atoms with Gasteiger partial charge in [0.25, 0.3) is 0 Å². The van der Waals surface area contributed by atoms with Gasteiger partial charge in [-0.25, -0.2) is 4.39 Å². The van der Waals surface area contributed by atoms with E-state index in [0.29, 0.717) is 6.07 Å². The summed E-state index contributed by atoms with van der Waals surface area (Å²) in [5.41, 5.74) is -1.86. The molecule has 7 heteroatoms. The summed E-state index contributed by atoms with van der Waals surface area (Å²) >= 11 is 0. The minimum atomic E-state index is -1.37. The van der Waals surface area contributed by atoms with Crippen molar-refractivity contribution in [2.24, 2.45) is 0 Å². The van der Waals surface area contributed by atoms with Crippen molar-refractivity contribution >= 4 is 11.5 Å². The molecule has 0 saturated heterocycles. The highest BCUT2D eigenvalue weighted by molar-refractivity contribution is 5.79. The van der Waals surface area contributed by atoms with E-state index >= 15 is 0 Å². The zero-order valence-corrected chi connectivity index (χ0v) is 8.16. The third-order valence-electron chi connectivity index (χ3n) is 1.87. The lowest BCUT2D eigenvalue weighted by molar-refractivity contribution is -0.388. The van der Waals surface area contributed by atoms with E-state index in [1.165, 1.54) is 0 Å². The van der Waals surface area contributed by atoms with Crippen molar-refractivity contribution in [1.82, 2.24) is 0 Å². The molecule has 0 atom stereocenters. The highest BCUT2D eigenvalue weighted by Crippen LogP contribution is 2.31. The first-order valence-corrected chi connectivity index (χ1v) is 4.18. The molecular formula is C9H7F2NO4. The lowest BCUT2D eigenvalue weighted by Gasteiger charge is -2.05. The predicted molar refractivity (Wildman–Crippen MR) is 49.1 cm³/mol. The Morgan fingerprint density at radius 3 is 2.56 bits per heavy atom. The molecular weight excluding hydrogens is 224 g/mol. The van der Waals surface area contributed by atoms with Crippen LogP contribution in [0, 0.1) is 21.7 Å². The van der Waals surface area contributed by atoms with Crippen LogP contribution in [0.4, 0.5) is 14.5 Å². The predicted octanol–water partition coefficient (Wildman–Crippen LogP) is 1.71. The summed E-state index contributed by atoms with van der Waals surface area (Å²) < 4.78 is 26.4. The smallest absolute Gasteiger partial charge is 0.311 e. The van der Waals surface area contributed by atoms with Crippen molar-refractivity contribution in [2.75, 3.05) is 0 Å². The zero-order chi connectivity index (χ0) is 12.5. The Bertz CT molecular complexity index is 473. The van der Waals surface area contributed by atoms with Gasteiger partial charge in [-0.15, -0.1) is 0 Å². The maximum atomic E-state index is 13.3. The lowest BCUT2D eigenvalue weighted by atomic mass is 10.1. The Morgan fingerprint density at radius 2 is 2.12 bits per heavy atom. The van der Waals surface area contributed by atoms with E-state index in [1.807, 2.05) is 0 Å². The second kappa shape index (κ2) is 4.21. The molecule has 86 valence electrons. The molecule has 0 radical (unpaired) electrons. The molecule has 0 heterocycles. The quantitative estimate of drug-likeness (QED) is 0.634. The van der Waals surface area contributed by atoms with Crippen LogP contribution in [0.5, 0.6) is 5.75 Å². The van der Waals surface area contributed by atoms with Crippen LogP contribution in [0.1, 0.15) is 12.5 Å². The number of ketones is 1. The number of hydrogen-bond donors (Lipinski definition) is 1. The summed E-state index contributed by atoms with van der Waals surface area (Å²) in [6.07, 6.45) is -0.645. The average molecular weight is 231 g/mol. The van der Waals surface area contributed by atoms with Crippen molar-refractivity contribution in [3.8, 4) is 5.75 Å². The van der Waals surface area contributed by atoms with Gasteiger partial charge in [-0.05, 0) is 6.92 Å². The number of phenolic OH excluding ortho intramolecular Hbond substituents is 1. The molecule has 1 rings (SSSR count). The van der Waals surface area contributed by atoms with E-state index in [9.17, 15) is 23.7 Å². The molecule has 0 aromatic heterocycles. The van der Waals surface area contributed by atoms with Crippen molar-refractivity contribution in [2.45, 2.75) is 13.3 Å². The number of benzene rings is 1. The Kier molecular flexibility index (Phi) is 3.17. The summed E-state index contributed by atoms with van der Waals surface area (Å²) in [5, 5.41) is 19.4. The number of aromatic hydroxyl groups is 1. The number of nitro benzene ring substituents is 1. The first-order chi connectivity index (χ1) is 7.34. The van der Waals surface area contributed by atoms with Gasteiger partial charge in [0.2, 0.25) is 5.82 Å². The third kappa shape index (κ3) is 2.13. The number of rotatable bonds is 3. The van der Waals surface area contributed by atoms with Gasteiger partial charge in [-0.2, -0.15) is 4.39 Å². The number of nitrogens with zero attached hydrogens (tertiary/aromatic N) is 1. The molecule has 5 nitrogen and oxygen atoms in total. The van der Waals surface area contributed by atoms with Crippen LogP contribution in [0.2, 0.25) is 0 Å². The lowest BCUT2D eigenvalue weighted by Crippen LogP contribution is -2.06. The first-order valence-electron chi connectivity index (χ1n) is 4.18. The molecule has 0 fully saturated rings. The monoisotopic (exact) mass is 231 g/mol. The number of halogens is 2. The highest BCUT2D eigenvalue weighted by atomic mass is 19.1. The first kappa shape index (κ1) is 12.0. The standard InChI is InChI=1S/C9H7F2NO4/c1-4(13)2-5-8(11)7(14)3-6(10)9(5)12(15)16/h3,14H,2H2,1H3. The number of carbonyl (C=O) groups is 1. The summed E-state index contributed by atoms with van der Waals surface area (Å²) in [6.45, 7) is 1.07. The summed E-state index contributed by atoms with van der Waals surface area (Å²) in [7, 11) is 0. The van der Waals surface area contributed by atoms with Crippen LogP contribution >= 0.6 is 0 Å². The van der Waals surface area contributed by atoms with E-state index in [2.05, 4.69) is 0 Å². The number of phenols is 1. The van der Waals surface area contributed by atoms with Crippen LogP contribution in [-0.2, 0) is 11.2 Å². The molecule has 0 amide bonds. The molecule has 0 bridgehead atoms. The largest absolute Gasteiger partial charge is 0.505 e. The second-order valence-corrected chi connectivity index (χ2v) is 3.15. The molecule has 0 spiro atoms. The minimum Gasteiger partial charge on any atom is -0.505 e. The zero-order valence-electron chi connectivity index (χ0n) is 8.16. The Balaban J connectivity index is 3.51. The molecule has 1 aromatic rings. The fraction of sp³-hybridized carbons (Fsp3) is 0.222. The topological polar surface area (TPSA) is 80.4 Å². The van der Waals surface area contributed by atoms with Crippen LogP contribution in [0.25, 0.3) is 0 Å². The summed E-state index contributed by atoms with van der Waals surface area (Å²) in [5.74, 6) is -4.35. The average Bonchev–Trinajstić information content (AvgIpc) is 2.12. The number of hydrogen-bond acceptors (Lipinski definition) is 4. The van der Waals surface area contributed by atoms with E-state index < -0.39 is 45.8 Å². The van der Waals surface area contributed by atoms with E-state index in [4.69, 9.17) is 5.11 Å². The fourth-order valence-corrected chi connectivity index (χ4v) is 1.26. The summed E-state index contributed by atoms with van der Waals surface area (Å²) in [6, 6.07) is 0.303. The van der Waals surface area contributed by atoms with Gasteiger partial charge in [-0.1, -0.05) is 0 Å². The Morgan fingerprint density at radius 1 is 1.56 bits per heavy atom. The van der Waals surface area contributed by atoms with Crippen LogP contribution < -0.4 is 0 Å². The van der Waals surface area contributed by atoms with E-state index in [-0.39, 0.29) is 0 Å². The van der Waals surface area contributed by atoms with Crippen LogP contribution in [-0.4, -0.2) is 15.8 Å². The number of Topliss-reactive ketones (excluding diaryl/α,β-unsaturated/α-hetero) is 1. The maximum Gasteiger partial charge on any atom is 0.311 e. The van der Waals surface area contributed by atoms with Gasteiger partial charge in [0.15, 0.2) is 11.6 Å². The molecule has 16 heavy (non-hydrogen) atoms. The Labute approximate surface area is 88.5 Å². The van der Waals surface area contributed by atoms with E-state index in [0.717, 1.165) is 6.92 Å².